The van der Waals surface area contributed by atoms with Gasteiger partial charge in [-0.15, -0.1) is 0 Å². The normalized spacial score (nSPS) is 10.7. The molecule has 28 heavy (non-hydrogen) atoms. The third kappa shape index (κ3) is 5.64. The lowest BCUT2D eigenvalue weighted by atomic mass is 10.1. The van der Waals surface area contributed by atoms with E-state index in [0.29, 0.717) is 11.3 Å². The van der Waals surface area contributed by atoms with Crippen LogP contribution in [0.4, 0.5) is 0 Å². The zero-order valence-electron chi connectivity index (χ0n) is 15.0. The molecule has 0 aliphatic rings. The van der Waals surface area contributed by atoms with Gasteiger partial charge in [-0.2, -0.15) is 5.26 Å². The highest BCUT2D eigenvalue weighted by Gasteiger charge is 2.16. The molecule has 1 N–H and O–H groups in total. The van der Waals surface area contributed by atoms with Crippen LogP contribution in [0.15, 0.2) is 53.4 Å². The van der Waals surface area contributed by atoms with E-state index in [1.54, 1.807) is 24.3 Å². The molecule has 0 saturated heterocycles. The van der Waals surface area contributed by atoms with E-state index in [2.05, 4.69) is 4.72 Å². The molecule has 0 heterocycles. The number of Topliss-reactive ketones (excluding diaryl/α,β-unsaturated/α-hetero) is 1. The molecule has 0 spiro atoms. The minimum atomic E-state index is -3.76. The van der Waals surface area contributed by atoms with Crippen molar-refractivity contribution in [2.24, 2.45) is 0 Å². The Morgan fingerprint density at radius 1 is 1.04 bits per heavy atom. The van der Waals surface area contributed by atoms with Crippen LogP contribution in [0.25, 0.3) is 0 Å². The lowest BCUT2D eigenvalue weighted by Crippen LogP contribution is -2.24. The Morgan fingerprint density at radius 3 is 2.21 bits per heavy atom. The predicted octanol–water partition coefficient (Wildman–Crippen LogP) is 1.93. The number of methoxy groups -OCH3 is 1. The molecule has 0 aliphatic heterocycles. The fourth-order valence-corrected chi connectivity index (χ4v) is 3.20. The maximum atomic E-state index is 12.1. The van der Waals surface area contributed by atoms with Gasteiger partial charge in [0, 0.05) is 18.5 Å². The van der Waals surface area contributed by atoms with Gasteiger partial charge in [0.15, 0.2) is 12.4 Å². The summed E-state index contributed by atoms with van der Waals surface area (Å²) in [4.78, 5) is 24.1. The van der Waals surface area contributed by atoms with E-state index >= 15 is 0 Å². The number of carbonyl (C=O) groups is 2. The number of ether oxygens (including phenoxy) is 2. The van der Waals surface area contributed by atoms with E-state index in [4.69, 9.17) is 14.7 Å². The van der Waals surface area contributed by atoms with Crippen LogP contribution >= 0.6 is 0 Å². The van der Waals surface area contributed by atoms with Gasteiger partial charge in [-0.1, -0.05) is 0 Å². The highest BCUT2D eigenvalue weighted by Crippen LogP contribution is 2.13. The molecule has 0 atom stereocenters. The van der Waals surface area contributed by atoms with Gasteiger partial charge in [0.1, 0.15) is 5.75 Å². The Kier molecular flexibility index (Phi) is 7.26. The topological polar surface area (TPSA) is 123 Å². The second-order valence-corrected chi connectivity index (χ2v) is 7.33. The van der Waals surface area contributed by atoms with Crippen LogP contribution in [-0.4, -0.2) is 40.4 Å². The van der Waals surface area contributed by atoms with E-state index in [9.17, 15) is 18.0 Å². The standard InChI is InChI=1S/C19H18N2O6S/c1-26-16-7-3-14(4-8-16)18(22)13-27-19(23)15-5-9-17(10-6-15)28(24,25)21-12-2-11-20/h3-10,21H,2,12-13H2,1H3. The van der Waals surface area contributed by atoms with Crippen LogP contribution in [0.5, 0.6) is 5.75 Å². The van der Waals surface area contributed by atoms with Crippen molar-refractivity contribution in [3.05, 3.63) is 59.7 Å². The Morgan fingerprint density at radius 2 is 1.64 bits per heavy atom. The molecule has 0 saturated carbocycles. The predicted molar refractivity (Wildman–Crippen MR) is 99.5 cm³/mol. The second kappa shape index (κ2) is 9.64. The molecule has 9 heteroatoms. The van der Waals surface area contributed by atoms with Gasteiger partial charge in [0.2, 0.25) is 10.0 Å². The quantitative estimate of drug-likeness (QED) is 0.386. The molecule has 0 aromatic heterocycles. The van der Waals surface area contributed by atoms with Crippen LogP contribution in [0.3, 0.4) is 0 Å². The summed E-state index contributed by atoms with van der Waals surface area (Å²) < 4.78 is 36.3. The molecule has 2 aromatic rings. The number of nitriles is 1. The Bertz CT molecular complexity index is 977. The van der Waals surface area contributed by atoms with Crippen molar-refractivity contribution in [2.45, 2.75) is 11.3 Å². The van der Waals surface area contributed by atoms with Crippen molar-refractivity contribution < 1.29 is 27.5 Å². The fraction of sp³-hybridized carbons (Fsp3) is 0.211. The first-order chi connectivity index (χ1) is 13.4. The van der Waals surface area contributed by atoms with Crippen molar-refractivity contribution in [2.75, 3.05) is 20.3 Å². The molecule has 2 rings (SSSR count). The number of ketones is 1. The number of esters is 1. The van der Waals surface area contributed by atoms with Gasteiger partial charge in [0.05, 0.1) is 23.6 Å². The molecule has 0 bridgehead atoms. The monoisotopic (exact) mass is 402 g/mol. The summed E-state index contributed by atoms with van der Waals surface area (Å²) in [7, 11) is -2.25. The average molecular weight is 402 g/mol. The zero-order chi connectivity index (χ0) is 20.6. The van der Waals surface area contributed by atoms with Gasteiger partial charge in [-0.25, -0.2) is 17.9 Å². The van der Waals surface area contributed by atoms with Crippen LogP contribution < -0.4 is 9.46 Å². The van der Waals surface area contributed by atoms with Gasteiger partial charge < -0.3 is 9.47 Å². The highest BCUT2D eigenvalue weighted by atomic mass is 32.2. The van der Waals surface area contributed by atoms with Crippen molar-refractivity contribution in [1.29, 1.82) is 5.26 Å². The fourth-order valence-electron chi connectivity index (χ4n) is 2.17. The van der Waals surface area contributed by atoms with Gasteiger partial charge in [-0.05, 0) is 48.5 Å². The largest absolute Gasteiger partial charge is 0.497 e. The lowest BCUT2D eigenvalue weighted by molar-refractivity contribution is 0.0474. The van der Waals surface area contributed by atoms with E-state index in [1.807, 2.05) is 6.07 Å². The summed E-state index contributed by atoms with van der Waals surface area (Å²) in [5, 5.41) is 8.45. The second-order valence-electron chi connectivity index (χ2n) is 5.56. The molecule has 0 fully saturated rings. The Balaban J connectivity index is 1.95. The average Bonchev–Trinajstić information content (AvgIpc) is 2.72. The number of hydrogen-bond acceptors (Lipinski definition) is 7. The number of hydrogen-bond donors (Lipinski definition) is 1. The maximum Gasteiger partial charge on any atom is 0.338 e. The maximum absolute atomic E-state index is 12.1. The number of benzene rings is 2. The molecule has 146 valence electrons. The van der Waals surface area contributed by atoms with Crippen LogP contribution in [0, 0.1) is 11.3 Å². The third-order valence-electron chi connectivity index (χ3n) is 3.68. The van der Waals surface area contributed by atoms with Gasteiger partial charge in [0.25, 0.3) is 0 Å². The van der Waals surface area contributed by atoms with Crippen molar-refractivity contribution >= 4 is 21.8 Å². The minimum absolute atomic E-state index is 0.00387. The SMILES string of the molecule is COc1ccc(C(=O)COC(=O)c2ccc(S(=O)(=O)NCCC#N)cc2)cc1. The van der Waals surface area contributed by atoms with Crippen molar-refractivity contribution in [3.63, 3.8) is 0 Å². The van der Waals surface area contributed by atoms with Crippen LogP contribution in [0.2, 0.25) is 0 Å². The summed E-state index contributed by atoms with van der Waals surface area (Å²) in [5.74, 6) is -0.522. The number of nitrogens with one attached hydrogen (secondary N) is 1. The summed E-state index contributed by atoms with van der Waals surface area (Å²) in [6.45, 7) is -0.447. The molecular weight excluding hydrogens is 384 g/mol. The first-order valence-electron chi connectivity index (χ1n) is 8.18. The van der Waals surface area contributed by atoms with Gasteiger partial charge >= 0.3 is 5.97 Å². The number of carbonyl (C=O) groups excluding carboxylic acids is 2. The summed E-state index contributed by atoms with van der Waals surface area (Å²) in [6, 6.07) is 13.3. The Labute approximate surface area is 162 Å². The first kappa shape index (κ1) is 21.1. The van der Waals surface area contributed by atoms with E-state index in [-0.39, 0.29) is 29.2 Å². The highest BCUT2D eigenvalue weighted by molar-refractivity contribution is 7.89. The van der Waals surface area contributed by atoms with Crippen LogP contribution in [-0.2, 0) is 14.8 Å². The van der Waals surface area contributed by atoms with E-state index in [1.165, 1.54) is 31.4 Å². The molecule has 2 aromatic carbocycles. The molecule has 0 aliphatic carbocycles. The molecule has 0 unspecified atom stereocenters. The minimum Gasteiger partial charge on any atom is -0.497 e. The van der Waals surface area contributed by atoms with Crippen LogP contribution in [0.1, 0.15) is 27.1 Å². The number of rotatable bonds is 9. The summed E-state index contributed by atoms with van der Waals surface area (Å²) >= 11 is 0. The lowest BCUT2D eigenvalue weighted by Gasteiger charge is -2.07. The molecule has 8 nitrogen and oxygen atoms in total. The Hall–Kier alpha value is -3.22. The summed E-state index contributed by atoms with van der Waals surface area (Å²) in [5.41, 5.74) is 0.483. The summed E-state index contributed by atoms with van der Waals surface area (Å²) in [6.07, 6.45) is 0.0475. The number of nitrogens with zero attached hydrogens (tertiary/aromatic N) is 1. The van der Waals surface area contributed by atoms with Crippen molar-refractivity contribution in [1.82, 2.24) is 4.72 Å². The third-order valence-corrected chi connectivity index (χ3v) is 5.15. The van der Waals surface area contributed by atoms with E-state index in [0.717, 1.165) is 0 Å². The first-order valence-corrected chi connectivity index (χ1v) is 9.67. The number of sulfonamides is 1. The van der Waals surface area contributed by atoms with Crippen molar-refractivity contribution in [3.8, 4) is 11.8 Å². The molecule has 0 radical (unpaired) electrons. The zero-order valence-corrected chi connectivity index (χ0v) is 15.9. The van der Waals surface area contributed by atoms with E-state index < -0.39 is 22.6 Å². The molecular formula is C19H18N2O6S. The smallest absolute Gasteiger partial charge is 0.338 e. The van der Waals surface area contributed by atoms with Gasteiger partial charge in [-0.3, -0.25) is 4.79 Å². The molecule has 0 amide bonds.